The minimum Gasteiger partial charge on any atom is -0.327 e. The Hall–Kier alpha value is -3.81. The smallest absolute Gasteiger partial charge is 0.266 e. The van der Waals surface area contributed by atoms with E-state index >= 15 is 0 Å². The summed E-state index contributed by atoms with van der Waals surface area (Å²) in [6, 6.07) is 26.1. The molecule has 0 aliphatic carbocycles. The van der Waals surface area contributed by atoms with Crippen molar-refractivity contribution in [2.45, 2.75) is 12.6 Å². The van der Waals surface area contributed by atoms with Gasteiger partial charge in [0.25, 0.3) is 5.91 Å². The van der Waals surface area contributed by atoms with E-state index in [1.807, 2.05) is 77.7 Å². The first-order valence-corrected chi connectivity index (χ1v) is 14.6. The molecule has 2 amide bonds. The van der Waals surface area contributed by atoms with Gasteiger partial charge in [0.1, 0.15) is 22.8 Å². The molecule has 200 valence electrons. The molecular weight excluding hydrogens is 585 g/mol. The molecule has 1 aliphatic heterocycles. The van der Waals surface area contributed by atoms with Crippen molar-refractivity contribution in [3.63, 3.8) is 0 Å². The van der Waals surface area contributed by atoms with Gasteiger partial charge in [-0.15, -0.1) is 11.3 Å². The molecule has 0 fully saturated rings. The van der Waals surface area contributed by atoms with Crippen molar-refractivity contribution in [3.05, 3.63) is 122 Å². The topological polar surface area (TPSA) is 98.1 Å². The molecule has 0 spiro atoms. The molecule has 3 aromatic carbocycles. The summed E-state index contributed by atoms with van der Waals surface area (Å²) in [5.41, 5.74) is 2.36. The summed E-state index contributed by atoms with van der Waals surface area (Å²) in [6.07, 6.45) is 1.69. The van der Waals surface area contributed by atoms with Gasteiger partial charge in [-0.3, -0.25) is 9.59 Å². The van der Waals surface area contributed by atoms with E-state index in [0.717, 1.165) is 27.9 Å². The van der Waals surface area contributed by atoms with E-state index in [1.54, 1.807) is 18.3 Å². The van der Waals surface area contributed by atoms with Crippen LogP contribution in [0.2, 0.25) is 10.0 Å². The average Bonchev–Trinajstić information content (AvgIpc) is 3.38. The minimum absolute atomic E-state index is 0.0461. The second-order valence-electron chi connectivity index (χ2n) is 8.67. The van der Waals surface area contributed by atoms with Gasteiger partial charge >= 0.3 is 0 Å². The molecule has 1 atom stereocenters. The van der Waals surface area contributed by atoms with E-state index in [-0.39, 0.29) is 17.2 Å². The number of hydrogen-bond acceptors (Lipinski definition) is 7. The highest BCUT2D eigenvalue weighted by molar-refractivity contribution is 8.03. The molecular formula is C29H21Cl2N5O2S2. The molecule has 0 radical (unpaired) electrons. The molecule has 2 heterocycles. The highest BCUT2D eigenvalue weighted by Gasteiger charge is 2.36. The predicted molar refractivity (Wildman–Crippen MR) is 161 cm³/mol. The number of thioether (sulfide) groups is 1. The first-order valence-electron chi connectivity index (χ1n) is 12.1. The van der Waals surface area contributed by atoms with Crippen LogP contribution < -0.4 is 15.5 Å². The number of benzene rings is 3. The zero-order valence-electron chi connectivity index (χ0n) is 20.8. The highest BCUT2D eigenvalue weighted by Crippen LogP contribution is 2.40. The monoisotopic (exact) mass is 605 g/mol. The van der Waals surface area contributed by atoms with E-state index in [9.17, 15) is 14.9 Å². The number of carbonyl (C=O) groups is 2. The largest absolute Gasteiger partial charge is 0.327 e. The number of hydrogen-bond donors (Lipinski definition) is 2. The second kappa shape index (κ2) is 12.6. The number of carbonyl (C=O) groups excluding carboxylic acids is 2. The summed E-state index contributed by atoms with van der Waals surface area (Å²) in [4.78, 5) is 33.1. The number of aromatic nitrogens is 1. The van der Waals surface area contributed by atoms with Crippen LogP contribution in [0.1, 0.15) is 22.2 Å². The summed E-state index contributed by atoms with van der Waals surface area (Å²) in [5.74, 6) is -0.893. The third-order valence-electron chi connectivity index (χ3n) is 5.94. The molecule has 0 bridgehead atoms. The van der Waals surface area contributed by atoms with Crippen LogP contribution in [0, 0.1) is 11.3 Å². The molecule has 2 N–H and O–H groups in total. The number of rotatable bonds is 8. The Bertz CT molecular complexity index is 1630. The van der Waals surface area contributed by atoms with E-state index in [4.69, 9.17) is 23.2 Å². The number of nitrogens with zero attached hydrogens (tertiary/aromatic N) is 3. The zero-order valence-corrected chi connectivity index (χ0v) is 23.9. The normalized spacial score (nSPS) is 15.0. The SMILES string of the molecule is N#CC1=C(SCC(=O)Nc2ncc(Cc3cccc(Cl)c3)s2)N(c2ccccc2)[C@@H](c2ccccc2Cl)NC1=O. The van der Waals surface area contributed by atoms with Crippen molar-refractivity contribution in [1.29, 1.82) is 5.26 Å². The van der Waals surface area contributed by atoms with Crippen molar-refractivity contribution < 1.29 is 9.59 Å². The van der Waals surface area contributed by atoms with Crippen molar-refractivity contribution in [1.82, 2.24) is 10.3 Å². The molecule has 7 nitrogen and oxygen atoms in total. The number of halogens is 2. The fourth-order valence-electron chi connectivity index (χ4n) is 4.19. The van der Waals surface area contributed by atoms with Crippen molar-refractivity contribution >= 4 is 68.9 Å². The van der Waals surface area contributed by atoms with Crippen LogP contribution in [0.4, 0.5) is 10.8 Å². The van der Waals surface area contributed by atoms with Crippen LogP contribution in [-0.4, -0.2) is 22.6 Å². The van der Waals surface area contributed by atoms with Crippen LogP contribution in [0.25, 0.3) is 0 Å². The number of para-hydroxylation sites is 1. The number of anilines is 2. The molecule has 1 aliphatic rings. The van der Waals surface area contributed by atoms with Crippen LogP contribution >= 0.6 is 46.3 Å². The second-order valence-corrected chi connectivity index (χ2v) is 11.6. The van der Waals surface area contributed by atoms with Gasteiger partial charge in [-0.25, -0.2) is 4.98 Å². The summed E-state index contributed by atoms with van der Waals surface area (Å²) >= 11 is 15.1. The molecule has 5 rings (SSSR count). The van der Waals surface area contributed by atoms with Crippen molar-refractivity contribution in [2.75, 3.05) is 16.0 Å². The maximum atomic E-state index is 13.0. The Morgan fingerprint density at radius 3 is 2.62 bits per heavy atom. The highest BCUT2D eigenvalue weighted by atomic mass is 35.5. The molecule has 1 aromatic heterocycles. The summed E-state index contributed by atoms with van der Waals surface area (Å²) in [5, 5.41) is 17.6. The van der Waals surface area contributed by atoms with Crippen LogP contribution in [0.5, 0.6) is 0 Å². The maximum absolute atomic E-state index is 13.0. The van der Waals surface area contributed by atoms with Crippen LogP contribution in [0.3, 0.4) is 0 Å². The molecule has 0 saturated heterocycles. The first kappa shape index (κ1) is 27.7. The number of nitrogens with one attached hydrogen (secondary N) is 2. The van der Waals surface area contributed by atoms with Gasteiger partial charge in [-0.05, 0) is 35.9 Å². The van der Waals surface area contributed by atoms with Crippen molar-refractivity contribution in [2.24, 2.45) is 0 Å². The minimum atomic E-state index is -0.681. The summed E-state index contributed by atoms with van der Waals surface area (Å²) < 4.78 is 0. The maximum Gasteiger partial charge on any atom is 0.266 e. The van der Waals surface area contributed by atoms with Crippen LogP contribution in [-0.2, 0) is 16.0 Å². The van der Waals surface area contributed by atoms with E-state index in [2.05, 4.69) is 15.6 Å². The fraction of sp³-hybridized carbons (Fsp3) is 0.103. The predicted octanol–water partition coefficient (Wildman–Crippen LogP) is 6.78. The van der Waals surface area contributed by atoms with Gasteiger partial charge in [0.15, 0.2) is 5.13 Å². The lowest BCUT2D eigenvalue weighted by Gasteiger charge is -2.39. The van der Waals surface area contributed by atoms with Crippen LogP contribution in [0.15, 0.2) is 95.7 Å². The molecule has 4 aromatic rings. The van der Waals surface area contributed by atoms with E-state index < -0.39 is 12.1 Å². The van der Waals surface area contributed by atoms with Gasteiger partial charge in [0.05, 0.1) is 5.75 Å². The van der Waals surface area contributed by atoms with Gasteiger partial charge in [0.2, 0.25) is 5.91 Å². The third kappa shape index (κ3) is 6.32. The standard InChI is InChI=1S/C29H21Cl2N5O2S2/c30-19-8-6-7-18(13-19)14-21-16-33-29(40-21)34-25(37)17-39-28-23(15-32)27(38)35-26(22-11-4-5-12-24(22)31)36(28)20-9-2-1-3-10-20/h1-13,16,26H,14,17H2,(H,35,38)(H,33,34,37)/t26-/m0/s1. The lowest BCUT2D eigenvalue weighted by atomic mass is 10.1. The first-order chi connectivity index (χ1) is 19.4. The Labute approximate surface area is 249 Å². The number of thiazole rings is 1. The Balaban J connectivity index is 1.36. The van der Waals surface area contributed by atoms with E-state index in [0.29, 0.717) is 32.2 Å². The molecule has 11 heteroatoms. The average molecular weight is 607 g/mol. The fourth-order valence-corrected chi connectivity index (χ4v) is 6.48. The molecule has 0 unspecified atom stereocenters. The molecule has 40 heavy (non-hydrogen) atoms. The number of amides is 2. The lowest BCUT2D eigenvalue weighted by Crippen LogP contribution is -2.46. The van der Waals surface area contributed by atoms with Gasteiger partial charge in [-0.1, -0.05) is 83.5 Å². The zero-order chi connectivity index (χ0) is 28.1. The number of nitriles is 1. The van der Waals surface area contributed by atoms with Crippen molar-refractivity contribution in [3.8, 4) is 6.07 Å². The van der Waals surface area contributed by atoms with Gasteiger partial charge in [0, 0.05) is 38.8 Å². The Kier molecular flexibility index (Phi) is 8.72. The lowest BCUT2D eigenvalue weighted by molar-refractivity contribution is -0.118. The van der Waals surface area contributed by atoms with Gasteiger partial charge < -0.3 is 15.5 Å². The quantitative estimate of drug-likeness (QED) is 0.230. The molecule has 0 saturated carbocycles. The van der Waals surface area contributed by atoms with E-state index in [1.165, 1.54) is 11.3 Å². The van der Waals surface area contributed by atoms with Gasteiger partial charge in [-0.2, -0.15) is 5.26 Å². The summed E-state index contributed by atoms with van der Waals surface area (Å²) in [7, 11) is 0. The third-order valence-corrected chi connectivity index (χ3v) is 8.51. The Morgan fingerprint density at radius 1 is 1.10 bits per heavy atom. The Morgan fingerprint density at radius 2 is 1.88 bits per heavy atom. The summed E-state index contributed by atoms with van der Waals surface area (Å²) in [6.45, 7) is 0.